The normalized spacial score (nSPS) is 13.4. The molecule has 14 rings (SSSR count). The van der Waals surface area contributed by atoms with E-state index in [1.54, 1.807) is 0 Å². The van der Waals surface area contributed by atoms with Gasteiger partial charge in [-0.25, -0.2) is 9.97 Å². The van der Waals surface area contributed by atoms with Crippen LogP contribution in [0.1, 0.15) is 25.0 Å². The Hall–Kier alpha value is -8.08. The SMILES string of the molecule is CC1(C)c2ccccc2-c2nc(-n3c4ccc5c6ccccc6c6ccccc6c5c4c4ccc5ccccc5c43)nc(-c3ccc4c5ccccc5n(-c5ccccc5)c4c3)c21. The van der Waals surface area contributed by atoms with E-state index in [1.165, 1.54) is 75.7 Å². The summed E-state index contributed by atoms with van der Waals surface area (Å²) in [6, 6.07) is 70.9. The van der Waals surface area contributed by atoms with Crippen molar-refractivity contribution in [3.63, 3.8) is 0 Å². The van der Waals surface area contributed by atoms with E-state index in [1.807, 2.05) is 0 Å². The van der Waals surface area contributed by atoms with Gasteiger partial charge in [0.15, 0.2) is 0 Å². The number of benzene rings is 10. The Kier molecular flexibility index (Phi) is 6.87. The van der Waals surface area contributed by atoms with Crippen LogP contribution in [0.15, 0.2) is 194 Å². The van der Waals surface area contributed by atoms with Crippen molar-refractivity contribution in [2.45, 2.75) is 19.3 Å². The lowest BCUT2D eigenvalue weighted by molar-refractivity contribution is 0.657. The predicted molar refractivity (Wildman–Crippen MR) is 264 cm³/mol. The zero-order chi connectivity index (χ0) is 41.6. The summed E-state index contributed by atoms with van der Waals surface area (Å²) in [5.41, 5.74) is 11.9. The number of aromatic nitrogens is 4. The molecule has 0 saturated carbocycles. The second kappa shape index (κ2) is 12.5. The lowest BCUT2D eigenvalue weighted by Crippen LogP contribution is -2.18. The Morgan fingerprint density at radius 1 is 0.397 bits per heavy atom. The summed E-state index contributed by atoms with van der Waals surface area (Å²) in [5, 5.41) is 14.7. The molecule has 1 aliphatic rings. The van der Waals surface area contributed by atoms with Crippen LogP contribution >= 0.6 is 0 Å². The summed E-state index contributed by atoms with van der Waals surface area (Å²) in [4.78, 5) is 11.6. The van der Waals surface area contributed by atoms with Crippen molar-refractivity contribution in [2.75, 3.05) is 0 Å². The second-order valence-corrected chi connectivity index (χ2v) is 17.7. The molecule has 0 saturated heterocycles. The molecule has 0 unspecified atom stereocenters. The van der Waals surface area contributed by atoms with Crippen molar-refractivity contribution >= 4 is 86.7 Å². The van der Waals surface area contributed by atoms with Crippen LogP contribution in [-0.2, 0) is 5.41 Å². The molecule has 10 aromatic carbocycles. The van der Waals surface area contributed by atoms with Gasteiger partial charge in [-0.3, -0.25) is 4.57 Å². The molecule has 4 nitrogen and oxygen atoms in total. The summed E-state index contributed by atoms with van der Waals surface area (Å²) in [6.07, 6.45) is 0. The molecule has 1 aliphatic carbocycles. The minimum Gasteiger partial charge on any atom is -0.309 e. The molecular weight excluding hydrogens is 765 g/mol. The number of hydrogen-bond acceptors (Lipinski definition) is 2. The summed E-state index contributed by atoms with van der Waals surface area (Å²) in [6.45, 7) is 4.67. The Balaban J connectivity index is 1.15. The van der Waals surface area contributed by atoms with E-state index in [0.717, 1.165) is 50.3 Å². The molecule has 0 atom stereocenters. The molecule has 0 radical (unpaired) electrons. The quantitative estimate of drug-likeness (QED) is 0.167. The number of nitrogens with zero attached hydrogens (tertiary/aromatic N) is 4. The first-order valence-corrected chi connectivity index (χ1v) is 21.8. The fourth-order valence-corrected chi connectivity index (χ4v) is 11.4. The maximum Gasteiger partial charge on any atom is 0.235 e. The maximum atomic E-state index is 5.84. The number of hydrogen-bond donors (Lipinski definition) is 0. The van der Waals surface area contributed by atoms with Gasteiger partial charge in [-0.15, -0.1) is 0 Å². The van der Waals surface area contributed by atoms with E-state index in [-0.39, 0.29) is 5.41 Å². The smallest absolute Gasteiger partial charge is 0.235 e. The molecule has 3 aromatic heterocycles. The maximum absolute atomic E-state index is 5.84. The van der Waals surface area contributed by atoms with Gasteiger partial charge in [-0.1, -0.05) is 178 Å². The van der Waals surface area contributed by atoms with Gasteiger partial charge in [-0.2, -0.15) is 0 Å². The Labute approximate surface area is 362 Å². The van der Waals surface area contributed by atoms with Crippen molar-refractivity contribution in [1.82, 2.24) is 19.1 Å². The van der Waals surface area contributed by atoms with E-state index in [0.29, 0.717) is 5.95 Å². The van der Waals surface area contributed by atoms with Gasteiger partial charge < -0.3 is 4.57 Å². The van der Waals surface area contributed by atoms with E-state index in [9.17, 15) is 0 Å². The molecule has 3 heterocycles. The lowest BCUT2D eigenvalue weighted by atomic mass is 9.81. The van der Waals surface area contributed by atoms with Crippen LogP contribution in [0.4, 0.5) is 0 Å². The summed E-state index contributed by atoms with van der Waals surface area (Å²) in [7, 11) is 0. The van der Waals surface area contributed by atoms with Crippen molar-refractivity contribution in [3.8, 4) is 34.2 Å². The molecule has 4 heteroatoms. The molecule has 13 aromatic rings. The van der Waals surface area contributed by atoms with Crippen LogP contribution in [-0.4, -0.2) is 19.1 Å². The number of para-hydroxylation sites is 2. The van der Waals surface area contributed by atoms with Crippen molar-refractivity contribution in [2.24, 2.45) is 0 Å². The van der Waals surface area contributed by atoms with Crippen LogP contribution in [0, 0.1) is 0 Å². The highest BCUT2D eigenvalue weighted by atomic mass is 15.2. The Morgan fingerprint density at radius 3 is 1.79 bits per heavy atom. The summed E-state index contributed by atoms with van der Waals surface area (Å²) < 4.78 is 4.77. The van der Waals surface area contributed by atoms with Crippen molar-refractivity contribution < 1.29 is 0 Å². The molecule has 0 bridgehead atoms. The monoisotopic (exact) mass is 802 g/mol. The van der Waals surface area contributed by atoms with Crippen molar-refractivity contribution in [3.05, 3.63) is 205 Å². The first-order valence-electron chi connectivity index (χ1n) is 21.8. The van der Waals surface area contributed by atoms with Gasteiger partial charge in [0.1, 0.15) is 0 Å². The van der Waals surface area contributed by atoms with E-state index >= 15 is 0 Å². The molecule has 0 amide bonds. The first-order chi connectivity index (χ1) is 31.0. The molecule has 294 valence electrons. The van der Waals surface area contributed by atoms with Crippen LogP contribution in [0.25, 0.3) is 121 Å². The molecule has 0 aliphatic heterocycles. The number of fused-ring (bicyclic) bond motifs is 18. The molecule has 0 spiro atoms. The molecule has 0 N–H and O–H groups in total. The highest BCUT2D eigenvalue weighted by Crippen LogP contribution is 2.52. The van der Waals surface area contributed by atoms with Crippen LogP contribution in [0.2, 0.25) is 0 Å². The molecular formula is C59H38N4. The van der Waals surface area contributed by atoms with Gasteiger partial charge in [0.05, 0.1) is 33.5 Å². The lowest BCUT2D eigenvalue weighted by Gasteiger charge is -2.24. The van der Waals surface area contributed by atoms with Crippen LogP contribution in [0.3, 0.4) is 0 Å². The summed E-state index contributed by atoms with van der Waals surface area (Å²) >= 11 is 0. The van der Waals surface area contributed by atoms with Gasteiger partial charge >= 0.3 is 0 Å². The fraction of sp³-hybridized carbons (Fsp3) is 0.0508. The largest absolute Gasteiger partial charge is 0.309 e. The van der Waals surface area contributed by atoms with Crippen LogP contribution in [0.5, 0.6) is 0 Å². The minimum atomic E-state index is -0.343. The van der Waals surface area contributed by atoms with Gasteiger partial charge in [0.2, 0.25) is 5.95 Å². The minimum absolute atomic E-state index is 0.343. The third-order valence-corrected chi connectivity index (χ3v) is 14.1. The van der Waals surface area contributed by atoms with Crippen LogP contribution < -0.4 is 0 Å². The number of rotatable bonds is 3. The average molecular weight is 803 g/mol. The second-order valence-electron chi connectivity index (χ2n) is 17.7. The standard InChI is InChI=1S/C59H38N4/c1-59(2)48-26-14-12-25-46(48)56-54(59)55(36-29-30-43-42-23-13-15-27-49(42)62(51(43)34-36)37-17-4-3-5-18-37)60-58(61-56)63-50-33-32-45-41-22-9-8-20-39(41)40-21-10-11-24-44(40)52(45)53(50)47-31-28-35-16-6-7-19-38(35)57(47)63/h3-34H,1-2H3. The Morgan fingerprint density at radius 2 is 0.984 bits per heavy atom. The predicted octanol–water partition coefficient (Wildman–Crippen LogP) is 15.3. The topological polar surface area (TPSA) is 35.6 Å². The van der Waals surface area contributed by atoms with E-state index in [2.05, 4.69) is 217 Å². The van der Waals surface area contributed by atoms with Crippen molar-refractivity contribution in [1.29, 1.82) is 0 Å². The van der Waals surface area contributed by atoms with Gasteiger partial charge in [-0.05, 0) is 68.2 Å². The third-order valence-electron chi connectivity index (χ3n) is 14.1. The Bertz CT molecular complexity index is 4080. The van der Waals surface area contributed by atoms with Gasteiger partial charge in [0.25, 0.3) is 0 Å². The third kappa shape index (κ3) is 4.59. The van der Waals surface area contributed by atoms with Gasteiger partial charge in [0, 0.05) is 60.1 Å². The molecule has 0 fully saturated rings. The molecule has 63 heavy (non-hydrogen) atoms. The fourth-order valence-electron chi connectivity index (χ4n) is 11.4. The highest BCUT2D eigenvalue weighted by molar-refractivity contribution is 6.36. The van der Waals surface area contributed by atoms with E-state index < -0.39 is 0 Å². The first kappa shape index (κ1) is 34.6. The highest BCUT2D eigenvalue weighted by Gasteiger charge is 2.40. The van der Waals surface area contributed by atoms with E-state index in [4.69, 9.17) is 9.97 Å². The average Bonchev–Trinajstić information content (AvgIpc) is 3.94. The summed E-state index contributed by atoms with van der Waals surface area (Å²) in [5.74, 6) is 0.667. The zero-order valence-electron chi connectivity index (χ0n) is 34.8. The zero-order valence-corrected chi connectivity index (χ0v) is 34.8.